The Morgan fingerprint density at radius 1 is 1.14 bits per heavy atom. The lowest BCUT2D eigenvalue weighted by molar-refractivity contribution is 0.309. The molecular weight excluding hydrogens is 276 g/mol. The van der Waals surface area contributed by atoms with Crippen LogP contribution in [0.1, 0.15) is 58.9 Å². The molecule has 3 heteroatoms. The van der Waals surface area contributed by atoms with Gasteiger partial charge in [0.1, 0.15) is 0 Å². The van der Waals surface area contributed by atoms with Crippen molar-refractivity contribution in [2.75, 3.05) is 5.32 Å². The molecule has 116 valence electrons. The summed E-state index contributed by atoms with van der Waals surface area (Å²) in [5.41, 5.74) is 2.52. The van der Waals surface area contributed by atoms with Crippen LogP contribution in [0.15, 0.2) is 24.3 Å². The van der Waals surface area contributed by atoms with Crippen LogP contribution >= 0.6 is 12.2 Å². The van der Waals surface area contributed by atoms with E-state index in [0.717, 1.165) is 10.8 Å². The fraction of sp³-hybridized carbons (Fsp3) is 0.611. The number of nitrogens with one attached hydrogen (secondary N) is 2. The summed E-state index contributed by atoms with van der Waals surface area (Å²) in [5.74, 6) is 0.705. The monoisotopic (exact) mass is 304 g/mol. The van der Waals surface area contributed by atoms with Gasteiger partial charge in [-0.3, -0.25) is 0 Å². The van der Waals surface area contributed by atoms with Crippen molar-refractivity contribution in [3.05, 3.63) is 29.8 Å². The zero-order valence-corrected chi connectivity index (χ0v) is 14.5. The van der Waals surface area contributed by atoms with Crippen molar-refractivity contribution in [2.24, 2.45) is 5.92 Å². The van der Waals surface area contributed by atoms with E-state index < -0.39 is 0 Å². The van der Waals surface area contributed by atoms with Crippen molar-refractivity contribution in [3.63, 3.8) is 0 Å². The van der Waals surface area contributed by atoms with Crippen LogP contribution in [0.4, 0.5) is 5.69 Å². The molecule has 1 aliphatic rings. The van der Waals surface area contributed by atoms with Gasteiger partial charge >= 0.3 is 0 Å². The van der Waals surface area contributed by atoms with Gasteiger partial charge in [0.05, 0.1) is 0 Å². The molecule has 2 rings (SSSR count). The molecule has 2 nitrogen and oxygen atoms in total. The Morgan fingerprint density at radius 2 is 1.81 bits per heavy atom. The minimum Gasteiger partial charge on any atom is -0.359 e. The van der Waals surface area contributed by atoms with E-state index in [-0.39, 0.29) is 5.41 Å². The standard InChI is InChI=1S/C18H28N2S/c1-13-9-5-7-11-15(13)19-17(21)20-16-12-8-6-10-14(16)18(2,3)4/h6,8,10,12-13,15H,5,7,9,11H2,1-4H3,(H2,19,20,21). The predicted molar refractivity (Wildman–Crippen MR) is 95.9 cm³/mol. The highest BCUT2D eigenvalue weighted by Gasteiger charge is 2.22. The normalized spacial score (nSPS) is 22.7. The summed E-state index contributed by atoms with van der Waals surface area (Å²) >= 11 is 5.53. The average Bonchev–Trinajstić information content (AvgIpc) is 2.41. The fourth-order valence-electron chi connectivity index (χ4n) is 3.10. The molecule has 0 spiro atoms. The number of anilines is 1. The molecule has 1 fully saturated rings. The molecule has 0 saturated heterocycles. The van der Waals surface area contributed by atoms with Crippen molar-refractivity contribution >= 4 is 23.0 Å². The Bertz CT molecular complexity index is 490. The van der Waals surface area contributed by atoms with Crippen molar-refractivity contribution < 1.29 is 0 Å². The second-order valence-corrected chi connectivity index (χ2v) is 7.67. The summed E-state index contributed by atoms with van der Waals surface area (Å²) in [6.07, 6.45) is 5.19. The number of para-hydroxylation sites is 1. The van der Waals surface area contributed by atoms with Gasteiger partial charge in [0.15, 0.2) is 5.11 Å². The Morgan fingerprint density at radius 3 is 2.48 bits per heavy atom. The van der Waals surface area contributed by atoms with E-state index in [4.69, 9.17) is 12.2 Å². The van der Waals surface area contributed by atoms with Crippen LogP contribution in [-0.2, 0) is 5.41 Å². The van der Waals surface area contributed by atoms with Crippen LogP contribution in [-0.4, -0.2) is 11.2 Å². The zero-order chi connectivity index (χ0) is 15.5. The Labute approximate surface area is 134 Å². The summed E-state index contributed by atoms with van der Waals surface area (Å²) in [4.78, 5) is 0. The van der Waals surface area contributed by atoms with Gasteiger partial charge in [0.25, 0.3) is 0 Å². The maximum Gasteiger partial charge on any atom is 0.171 e. The molecule has 0 amide bonds. The second-order valence-electron chi connectivity index (χ2n) is 7.26. The Kier molecular flexibility index (Phi) is 5.26. The summed E-state index contributed by atoms with van der Waals surface area (Å²) in [6, 6.07) is 8.95. The van der Waals surface area contributed by atoms with Crippen LogP contribution < -0.4 is 10.6 Å². The Hall–Kier alpha value is -1.09. The van der Waals surface area contributed by atoms with E-state index in [0.29, 0.717) is 12.0 Å². The predicted octanol–water partition coefficient (Wildman–Crippen LogP) is 4.85. The molecular formula is C18H28N2S. The highest BCUT2D eigenvalue weighted by atomic mass is 32.1. The van der Waals surface area contributed by atoms with Crippen molar-refractivity contribution in [3.8, 4) is 0 Å². The van der Waals surface area contributed by atoms with E-state index in [1.807, 2.05) is 0 Å². The first-order chi connectivity index (χ1) is 9.88. The molecule has 2 unspecified atom stereocenters. The Balaban J connectivity index is 2.03. The van der Waals surface area contributed by atoms with Crippen LogP contribution in [0.3, 0.4) is 0 Å². The lowest BCUT2D eigenvalue weighted by Gasteiger charge is -2.31. The molecule has 1 saturated carbocycles. The fourth-order valence-corrected chi connectivity index (χ4v) is 3.36. The first-order valence-electron chi connectivity index (χ1n) is 8.05. The molecule has 0 radical (unpaired) electrons. The quantitative estimate of drug-likeness (QED) is 0.764. The van der Waals surface area contributed by atoms with Crippen LogP contribution in [0, 0.1) is 5.92 Å². The SMILES string of the molecule is CC1CCCCC1NC(=S)Nc1ccccc1C(C)(C)C. The lowest BCUT2D eigenvalue weighted by atomic mass is 9.85. The van der Waals surface area contributed by atoms with Crippen LogP contribution in [0.5, 0.6) is 0 Å². The smallest absolute Gasteiger partial charge is 0.171 e. The number of rotatable bonds is 2. The van der Waals surface area contributed by atoms with Gasteiger partial charge in [-0.2, -0.15) is 0 Å². The van der Waals surface area contributed by atoms with Gasteiger partial charge in [-0.25, -0.2) is 0 Å². The maximum absolute atomic E-state index is 5.53. The van der Waals surface area contributed by atoms with E-state index in [1.54, 1.807) is 0 Å². The lowest BCUT2D eigenvalue weighted by Crippen LogP contribution is -2.43. The zero-order valence-electron chi connectivity index (χ0n) is 13.7. The van der Waals surface area contributed by atoms with Crippen LogP contribution in [0.25, 0.3) is 0 Å². The molecule has 21 heavy (non-hydrogen) atoms. The minimum atomic E-state index is 0.108. The van der Waals surface area contributed by atoms with Crippen molar-refractivity contribution in [2.45, 2.75) is 64.8 Å². The summed E-state index contributed by atoms with van der Waals surface area (Å²) in [6.45, 7) is 9.01. The number of thiocarbonyl (C=S) groups is 1. The van der Waals surface area contributed by atoms with Gasteiger partial charge in [0, 0.05) is 11.7 Å². The molecule has 1 aliphatic carbocycles. The van der Waals surface area contributed by atoms with E-state index in [2.05, 4.69) is 62.6 Å². The van der Waals surface area contributed by atoms with E-state index in [9.17, 15) is 0 Å². The number of hydrogen-bond acceptors (Lipinski definition) is 1. The van der Waals surface area contributed by atoms with Gasteiger partial charge in [-0.1, -0.05) is 58.7 Å². The minimum absolute atomic E-state index is 0.108. The summed E-state index contributed by atoms with van der Waals surface area (Å²) in [5, 5.41) is 7.68. The van der Waals surface area contributed by atoms with Crippen LogP contribution in [0.2, 0.25) is 0 Å². The van der Waals surface area contributed by atoms with Gasteiger partial charge < -0.3 is 10.6 Å². The summed E-state index contributed by atoms with van der Waals surface area (Å²) < 4.78 is 0. The first kappa shape index (κ1) is 16.3. The first-order valence-corrected chi connectivity index (χ1v) is 8.46. The van der Waals surface area contributed by atoms with Gasteiger partial charge in [-0.15, -0.1) is 0 Å². The maximum atomic E-state index is 5.53. The molecule has 1 aromatic carbocycles. The molecule has 2 N–H and O–H groups in total. The van der Waals surface area contributed by atoms with Crippen molar-refractivity contribution in [1.29, 1.82) is 0 Å². The average molecular weight is 305 g/mol. The molecule has 0 aliphatic heterocycles. The largest absolute Gasteiger partial charge is 0.359 e. The molecule has 1 aromatic rings. The third-order valence-corrected chi connectivity index (χ3v) is 4.63. The molecule has 0 bridgehead atoms. The third-order valence-electron chi connectivity index (χ3n) is 4.41. The molecule has 2 atom stereocenters. The number of hydrogen-bond donors (Lipinski definition) is 2. The number of benzene rings is 1. The van der Waals surface area contributed by atoms with Crippen molar-refractivity contribution in [1.82, 2.24) is 5.32 Å². The van der Waals surface area contributed by atoms with Gasteiger partial charge in [0.2, 0.25) is 0 Å². The topological polar surface area (TPSA) is 24.1 Å². The highest BCUT2D eigenvalue weighted by Crippen LogP contribution is 2.29. The van der Waals surface area contributed by atoms with E-state index in [1.165, 1.54) is 31.2 Å². The summed E-state index contributed by atoms with van der Waals surface area (Å²) in [7, 11) is 0. The highest BCUT2D eigenvalue weighted by molar-refractivity contribution is 7.80. The molecule has 0 aromatic heterocycles. The third kappa shape index (κ3) is 4.44. The van der Waals surface area contributed by atoms with E-state index >= 15 is 0 Å². The van der Waals surface area contributed by atoms with Gasteiger partial charge in [-0.05, 0) is 48.0 Å². The second kappa shape index (κ2) is 6.78. The molecule has 0 heterocycles.